The number of aryl methyl sites for hydroxylation is 1. The van der Waals surface area contributed by atoms with E-state index in [1.807, 2.05) is 91.0 Å². The van der Waals surface area contributed by atoms with Crippen LogP contribution in [0.3, 0.4) is 0 Å². The number of carbonyl (C=O) groups excluding carboxylic acids is 4. The molecule has 0 saturated carbocycles. The number of aromatic nitrogens is 1. The van der Waals surface area contributed by atoms with E-state index >= 15 is 0 Å². The van der Waals surface area contributed by atoms with Crippen molar-refractivity contribution in [2.45, 2.75) is 80.7 Å². The van der Waals surface area contributed by atoms with Gasteiger partial charge >= 0.3 is 22.1 Å². The second kappa shape index (κ2) is 23.4. The summed E-state index contributed by atoms with van der Waals surface area (Å²) in [6, 6.07) is 51.6. The van der Waals surface area contributed by atoms with Crippen LogP contribution >= 0.6 is 11.3 Å². The van der Waals surface area contributed by atoms with E-state index in [1.165, 1.54) is 26.0 Å². The molecule has 80 heavy (non-hydrogen) atoms. The Labute approximate surface area is 470 Å². The summed E-state index contributed by atoms with van der Waals surface area (Å²) in [7, 11) is -6.40. The molecule has 2 amide bonds. The van der Waals surface area contributed by atoms with Crippen molar-refractivity contribution in [1.29, 1.82) is 0 Å². The van der Waals surface area contributed by atoms with E-state index in [0.717, 1.165) is 50.8 Å². The molecule has 2 aliphatic rings. The highest BCUT2D eigenvalue weighted by Crippen LogP contribution is 2.42. The Morgan fingerprint density at radius 1 is 0.762 bits per heavy atom. The minimum atomic E-state index is -4.35. The van der Waals surface area contributed by atoms with Gasteiger partial charge in [0.05, 0.1) is 16.6 Å². The second-order valence-electron chi connectivity index (χ2n) is 20.3. The minimum absolute atomic E-state index is 0.0171. The first-order chi connectivity index (χ1) is 38.3. The number of esters is 2. The molecule has 2 N–H and O–H groups in total. The normalized spacial score (nSPS) is 16.8. The van der Waals surface area contributed by atoms with Gasteiger partial charge in [0.1, 0.15) is 45.1 Å². The molecule has 1 saturated heterocycles. The number of fused-ring (bicyclic) bond motifs is 1. The van der Waals surface area contributed by atoms with E-state index in [9.17, 15) is 31.8 Å². The fourth-order valence-electron chi connectivity index (χ4n) is 9.01. The monoisotopic (exact) mass is 1130 g/mol. The number of ether oxygens (including phenoxy) is 2. The lowest BCUT2D eigenvalue weighted by Gasteiger charge is -2.49. The van der Waals surface area contributed by atoms with Gasteiger partial charge in [-0.25, -0.2) is 14.6 Å². The van der Waals surface area contributed by atoms with Crippen molar-refractivity contribution < 1.29 is 50.3 Å². The molecule has 1 fully saturated rings. The molecule has 9 rings (SSSR count). The Morgan fingerprint density at radius 3 is 1.79 bits per heavy atom. The summed E-state index contributed by atoms with van der Waals surface area (Å²) in [5, 5.41) is 11.2. The second-order valence-corrected chi connectivity index (χ2v) is 24.2. The Morgan fingerprint density at radius 2 is 1.27 bits per heavy atom. The molecular formula is C61H57N5O11S3. The van der Waals surface area contributed by atoms with E-state index in [0.29, 0.717) is 16.3 Å². The van der Waals surface area contributed by atoms with Gasteiger partial charge in [-0.15, -0.1) is 11.3 Å². The average Bonchev–Trinajstić information content (AvgIpc) is 4.02. The molecule has 0 aliphatic carbocycles. The molecule has 0 bridgehead atoms. The van der Waals surface area contributed by atoms with Crippen molar-refractivity contribution >= 4 is 66.9 Å². The highest BCUT2D eigenvalue weighted by molar-refractivity contribution is 7.87. The highest BCUT2D eigenvalue weighted by atomic mass is 32.2. The molecule has 410 valence electrons. The van der Waals surface area contributed by atoms with E-state index in [4.69, 9.17) is 23.5 Å². The molecule has 2 aliphatic heterocycles. The number of amides is 2. The van der Waals surface area contributed by atoms with Gasteiger partial charge in [0.25, 0.3) is 11.8 Å². The molecule has 3 atom stereocenters. The zero-order valence-electron chi connectivity index (χ0n) is 44.5. The summed E-state index contributed by atoms with van der Waals surface area (Å²) in [5.74, 6) is -4.06. The van der Waals surface area contributed by atoms with Gasteiger partial charge in [-0.2, -0.15) is 8.42 Å². The molecule has 0 radical (unpaired) electrons. The van der Waals surface area contributed by atoms with E-state index < -0.39 is 90.4 Å². The zero-order chi connectivity index (χ0) is 56.8. The van der Waals surface area contributed by atoms with Crippen LogP contribution in [-0.4, -0.2) is 80.3 Å². The first-order valence-electron chi connectivity index (χ1n) is 25.4. The maximum atomic E-state index is 14.9. The lowest BCUT2D eigenvalue weighted by molar-refractivity contribution is -0.179. The summed E-state index contributed by atoms with van der Waals surface area (Å²) in [6.07, 6.45) is 1.01. The van der Waals surface area contributed by atoms with Crippen molar-refractivity contribution in [1.82, 2.24) is 15.2 Å². The lowest BCUT2D eigenvalue weighted by atomic mass is 9.77. The quantitative estimate of drug-likeness (QED) is 0.0147. The number of benzene rings is 6. The summed E-state index contributed by atoms with van der Waals surface area (Å²) in [4.78, 5) is 69.5. The number of thiazole rings is 1. The maximum Gasteiger partial charge on any atom is 0.356 e. The Hall–Kier alpha value is -8.52. The van der Waals surface area contributed by atoms with Crippen molar-refractivity contribution in [3.05, 3.63) is 244 Å². The predicted molar refractivity (Wildman–Crippen MR) is 304 cm³/mol. The molecule has 7 aromatic rings. The van der Waals surface area contributed by atoms with Gasteiger partial charge < -0.3 is 29.1 Å². The molecule has 6 aromatic carbocycles. The lowest BCUT2D eigenvalue weighted by Crippen LogP contribution is -2.74. The zero-order valence-corrected chi connectivity index (χ0v) is 46.9. The van der Waals surface area contributed by atoms with Gasteiger partial charge in [-0.3, -0.25) is 18.7 Å². The summed E-state index contributed by atoms with van der Waals surface area (Å²) < 4.78 is 58.1. The first-order valence-corrected chi connectivity index (χ1v) is 29.0. The van der Waals surface area contributed by atoms with Crippen molar-refractivity contribution in [2.75, 3.05) is 11.1 Å². The van der Waals surface area contributed by atoms with E-state index in [-0.39, 0.29) is 21.9 Å². The van der Waals surface area contributed by atoms with Crippen LogP contribution in [0, 0.1) is 6.92 Å². The molecule has 16 nitrogen and oxygen atoms in total. The number of carbonyl (C=O) groups is 4. The standard InChI is InChI=1S/C61H57N5O11S3/c1-40-32-34-47(35-33-40)80(72,73)74-37-36-43-39-79(71)55-50(54(68)66(55)51(43)56(69)75-52(41-22-12-7-13-23-41)42-24-14-8-15-25-42)63-53(67)49(65-77-60(5,6)57(70)76-59(2,3)4)48-38-78-58(62-48)64-61(44-26-16-9-17-27-44,45-28-18-10-19-29-45)46-30-20-11-21-31-46/h7-38,50,52,55H,39H2,1-6H3,(H,62,64)(H,63,67). The fraction of sp³-hybridized carbons (Fsp3) is 0.213. The topological polar surface area (TPSA) is 209 Å². The van der Waals surface area contributed by atoms with Crippen LogP contribution in [-0.2, 0) is 64.1 Å². The minimum Gasteiger partial charge on any atom is -0.457 e. The molecule has 0 spiro atoms. The third-order valence-electron chi connectivity index (χ3n) is 13.0. The molecule has 1 aromatic heterocycles. The Balaban J connectivity index is 1.07. The predicted octanol–water partition coefficient (Wildman–Crippen LogP) is 9.62. The van der Waals surface area contributed by atoms with Crippen LogP contribution in [0.4, 0.5) is 5.13 Å². The van der Waals surface area contributed by atoms with Crippen molar-refractivity contribution in [3.63, 3.8) is 0 Å². The molecule has 3 unspecified atom stereocenters. The number of oxime groups is 1. The number of allylic oxidation sites excluding steroid dienone is 1. The third-order valence-corrected chi connectivity index (χ3v) is 16.5. The van der Waals surface area contributed by atoms with Crippen LogP contribution in [0.2, 0.25) is 0 Å². The number of nitrogens with one attached hydrogen (secondary N) is 2. The number of rotatable bonds is 19. The van der Waals surface area contributed by atoms with E-state index in [1.54, 1.807) is 106 Å². The van der Waals surface area contributed by atoms with E-state index in [2.05, 4.69) is 15.8 Å². The number of hydrogen-bond donors (Lipinski definition) is 2. The van der Waals surface area contributed by atoms with Gasteiger partial charge in [-0.1, -0.05) is 175 Å². The summed E-state index contributed by atoms with van der Waals surface area (Å²) in [6.45, 7) is 9.71. The van der Waals surface area contributed by atoms with Gasteiger partial charge in [0.15, 0.2) is 16.9 Å². The van der Waals surface area contributed by atoms with Gasteiger partial charge in [-0.05, 0) is 93.1 Å². The number of hydrogen-bond acceptors (Lipinski definition) is 15. The number of anilines is 1. The molecule has 19 heteroatoms. The highest BCUT2D eigenvalue weighted by Gasteiger charge is 2.58. The van der Waals surface area contributed by atoms with Crippen LogP contribution in [0.1, 0.15) is 79.8 Å². The summed E-state index contributed by atoms with van der Waals surface area (Å²) in [5.41, 5.74) is 0.115. The molecule has 3 heterocycles. The Bertz CT molecular complexity index is 3490. The van der Waals surface area contributed by atoms with Gasteiger partial charge in [0.2, 0.25) is 5.60 Å². The Kier molecular flexibility index (Phi) is 16.5. The van der Waals surface area contributed by atoms with Crippen LogP contribution < -0.4 is 10.6 Å². The summed E-state index contributed by atoms with van der Waals surface area (Å²) >= 11 is 1.16. The first kappa shape index (κ1) is 56.2. The number of β-lactam (4-membered cyclic amide) rings is 1. The largest absolute Gasteiger partial charge is 0.457 e. The maximum absolute atomic E-state index is 14.9. The SMILES string of the molecule is Cc1ccc(S(=O)(=O)OC=CC2=C(C(=O)OC(c3ccccc3)c3ccccc3)N3C(=O)C(NC(=O)C(=NOC(C)(C)C(=O)OC(C)(C)C)c4csc(NC(c5ccccc5)(c5ccccc5)c5ccccc5)n4)C3S(=O)C2)cc1. The van der Waals surface area contributed by atoms with Crippen LogP contribution in [0.25, 0.3) is 0 Å². The van der Waals surface area contributed by atoms with Crippen molar-refractivity contribution in [2.24, 2.45) is 5.16 Å². The fourth-order valence-corrected chi connectivity index (χ4v) is 12.2. The van der Waals surface area contributed by atoms with Crippen molar-refractivity contribution in [3.8, 4) is 0 Å². The van der Waals surface area contributed by atoms with Gasteiger partial charge in [0, 0.05) is 5.38 Å². The third kappa shape index (κ3) is 12.2. The molecular weight excluding hydrogens is 1070 g/mol. The average molecular weight is 1130 g/mol. The number of nitrogens with zero attached hydrogens (tertiary/aromatic N) is 3. The van der Waals surface area contributed by atoms with Crippen LogP contribution in [0.5, 0.6) is 0 Å². The smallest absolute Gasteiger partial charge is 0.356 e. The van der Waals surface area contributed by atoms with Crippen LogP contribution in [0.15, 0.2) is 215 Å².